The molecule has 2 aromatic rings. The van der Waals surface area contributed by atoms with Crippen molar-refractivity contribution in [1.29, 1.82) is 0 Å². The number of carbonyl (C=O) groups is 1. The van der Waals surface area contributed by atoms with Gasteiger partial charge >= 0.3 is 0 Å². The minimum atomic E-state index is -0.331. The molecule has 1 fully saturated rings. The molecule has 1 aliphatic rings. The lowest BCUT2D eigenvalue weighted by Crippen LogP contribution is -2.24. The SMILES string of the molecule is Cc1nc(SC(C)C(=O)Nc2ncc(Cl)cc2Cl)n(C2CCCCC2)c1C. The fourth-order valence-electron chi connectivity index (χ4n) is 3.38. The van der Waals surface area contributed by atoms with Crippen LogP contribution in [0.2, 0.25) is 10.0 Å². The molecule has 0 aliphatic heterocycles. The van der Waals surface area contributed by atoms with E-state index in [9.17, 15) is 4.79 Å². The zero-order valence-electron chi connectivity index (χ0n) is 15.8. The molecule has 0 bridgehead atoms. The largest absolute Gasteiger partial charge is 0.320 e. The maximum Gasteiger partial charge on any atom is 0.238 e. The molecule has 1 aliphatic carbocycles. The molecule has 1 atom stereocenters. The van der Waals surface area contributed by atoms with Crippen molar-refractivity contribution in [1.82, 2.24) is 14.5 Å². The first-order valence-corrected chi connectivity index (χ1v) is 10.8. The van der Waals surface area contributed by atoms with Crippen LogP contribution in [0.1, 0.15) is 56.5 Å². The van der Waals surface area contributed by atoms with E-state index in [1.807, 2.05) is 13.8 Å². The summed E-state index contributed by atoms with van der Waals surface area (Å²) in [6, 6.07) is 2.04. The van der Waals surface area contributed by atoms with Crippen molar-refractivity contribution in [2.75, 3.05) is 5.32 Å². The van der Waals surface area contributed by atoms with Crippen molar-refractivity contribution >= 4 is 46.7 Å². The summed E-state index contributed by atoms with van der Waals surface area (Å²) < 4.78 is 2.33. The molecule has 5 nitrogen and oxygen atoms in total. The molecule has 0 spiro atoms. The molecule has 1 saturated carbocycles. The normalized spacial score (nSPS) is 16.3. The fourth-order valence-corrected chi connectivity index (χ4v) is 4.88. The summed E-state index contributed by atoms with van der Waals surface area (Å²) in [6.07, 6.45) is 7.62. The van der Waals surface area contributed by atoms with E-state index in [1.165, 1.54) is 55.8 Å². The summed E-state index contributed by atoms with van der Waals surface area (Å²) >= 11 is 13.4. The van der Waals surface area contributed by atoms with Crippen molar-refractivity contribution in [3.63, 3.8) is 0 Å². The molecule has 1 N–H and O–H groups in total. The highest BCUT2D eigenvalue weighted by Gasteiger charge is 2.25. The summed E-state index contributed by atoms with van der Waals surface area (Å²) in [5.74, 6) is 0.159. The highest BCUT2D eigenvalue weighted by Crippen LogP contribution is 2.35. The van der Waals surface area contributed by atoms with Crippen LogP contribution >= 0.6 is 35.0 Å². The van der Waals surface area contributed by atoms with Crippen LogP contribution in [0.5, 0.6) is 0 Å². The number of aromatic nitrogens is 3. The first-order valence-electron chi connectivity index (χ1n) is 9.20. The van der Waals surface area contributed by atoms with Gasteiger partial charge in [0.1, 0.15) is 0 Å². The Hall–Kier alpha value is -1.24. The summed E-state index contributed by atoms with van der Waals surface area (Å²) in [5, 5.41) is 4.11. The molecule has 2 aromatic heterocycles. The number of aryl methyl sites for hydroxylation is 1. The molecule has 8 heteroatoms. The van der Waals surface area contributed by atoms with Gasteiger partial charge in [-0.3, -0.25) is 4.79 Å². The molecule has 1 amide bonds. The molecule has 27 heavy (non-hydrogen) atoms. The van der Waals surface area contributed by atoms with Crippen molar-refractivity contribution in [2.24, 2.45) is 0 Å². The van der Waals surface area contributed by atoms with E-state index >= 15 is 0 Å². The van der Waals surface area contributed by atoms with Gasteiger partial charge in [-0.1, -0.05) is 54.2 Å². The van der Waals surface area contributed by atoms with Crippen molar-refractivity contribution in [2.45, 2.75) is 69.3 Å². The van der Waals surface area contributed by atoms with Crippen LogP contribution in [0.3, 0.4) is 0 Å². The number of pyridine rings is 1. The zero-order valence-corrected chi connectivity index (χ0v) is 18.1. The van der Waals surface area contributed by atoms with E-state index in [1.54, 1.807) is 6.07 Å². The first-order chi connectivity index (χ1) is 12.9. The first kappa shape index (κ1) is 20.5. The molecule has 0 saturated heterocycles. The average Bonchev–Trinajstić information content (AvgIpc) is 2.91. The van der Waals surface area contributed by atoms with Gasteiger partial charge < -0.3 is 9.88 Å². The Morgan fingerprint density at radius 2 is 2.00 bits per heavy atom. The van der Waals surface area contributed by atoms with Gasteiger partial charge in [-0.05, 0) is 39.7 Å². The van der Waals surface area contributed by atoms with Crippen LogP contribution in [0.15, 0.2) is 17.4 Å². The van der Waals surface area contributed by atoms with E-state index in [-0.39, 0.29) is 11.2 Å². The standard InChI is InChI=1S/C19H24Cl2N4OS/c1-11-12(2)25(15-7-5-4-6-8-15)19(23-11)27-13(3)18(26)24-17-16(21)9-14(20)10-22-17/h9-10,13,15H,4-8H2,1-3H3,(H,22,24,26). The van der Waals surface area contributed by atoms with Gasteiger partial charge in [0.2, 0.25) is 5.91 Å². The molecule has 3 rings (SSSR count). The Morgan fingerprint density at radius 3 is 2.67 bits per heavy atom. The van der Waals surface area contributed by atoms with Gasteiger partial charge in [-0.15, -0.1) is 0 Å². The summed E-state index contributed by atoms with van der Waals surface area (Å²) in [7, 11) is 0. The van der Waals surface area contributed by atoms with E-state index < -0.39 is 0 Å². The van der Waals surface area contributed by atoms with Gasteiger partial charge in [0, 0.05) is 17.9 Å². The Labute approximate surface area is 174 Å². The minimum absolute atomic E-state index is 0.162. The minimum Gasteiger partial charge on any atom is -0.320 e. The highest BCUT2D eigenvalue weighted by molar-refractivity contribution is 8.00. The lowest BCUT2D eigenvalue weighted by molar-refractivity contribution is -0.115. The quantitative estimate of drug-likeness (QED) is 0.611. The summed E-state index contributed by atoms with van der Waals surface area (Å²) in [6.45, 7) is 6.01. The van der Waals surface area contributed by atoms with Gasteiger partial charge in [-0.2, -0.15) is 0 Å². The fraction of sp³-hybridized carbons (Fsp3) is 0.526. The second kappa shape index (κ2) is 8.84. The number of nitrogens with one attached hydrogen (secondary N) is 1. The van der Waals surface area contributed by atoms with Crippen LogP contribution in [-0.4, -0.2) is 25.7 Å². The number of halogens is 2. The molecule has 2 heterocycles. The Balaban J connectivity index is 1.74. The number of carbonyl (C=O) groups excluding carboxylic acids is 1. The second-order valence-electron chi connectivity index (χ2n) is 6.96. The van der Waals surface area contributed by atoms with Crippen molar-refractivity contribution in [3.05, 3.63) is 33.7 Å². The zero-order chi connectivity index (χ0) is 19.6. The second-order valence-corrected chi connectivity index (χ2v) is 9.11. The lowest BCUT2D eigenvalue weighted by atomic mass is 9.95. The van der Waals surface area contributed by atoms with Crippen LogP contribution in [0.25, 0.3) is 0 Å². The summed E-state index contributed by atoms with van der Waals surface area (Å²) in [4.78, 5) is 21.5. The third-order valence-corrected chi connectivity index (χ3v) is 6.56. The third-order valence-electron chi connectivity index (χ3n) is 5.00. The Morgan fingerprint density at radius 1 is 1.30 bits per heavy atom. The van der Waals surface area contributed by atoms with Crippen molar-refractivity contribution < 1.29 is 4.79 Å². The molecular weight excluding hydrogens is 403 g/mol. The average molecular weight is 427 g/mol. The number of hydrogen-bond donors (Lipinski definition) is 1. The van der Waals surface area contributed by atoms with Crippen LogP contribution in [0.4, 0.5) is 5.82 Å². The topological polar surface area (TPSA) is 59.8 Å². The monoisotopic (exact) mass is 426 g/mol. The Bertz CT molecular complexity index is 833. The number of nitrogens with zero attached hydrogens (tertiary/aromatic N) is 3. The number of imidazole rings is 1. The van der Waals surface area contributed by atoms with E-state index in [2.05, 4.69) is 21.8 Å². The van der Waals surface area contributed by atoms with Crippen LogP contribution in [-0.2, 0) is 4.79 Å². The number of thioether (sulfide) groups is 1. The smallest absolute Gasteiger partial charge is 0.238 e. The van der Waals surface area contributed by atoms with E-state index in [0.717, 1.165) is 10.9 Å². The molecular formula is C19H24Cl2N4OS. The number of amides is 1. The molecule has 1 unspecified atom stereocenters. The summed E-state index contributed by atoms with van der Waals surface area (Å²) in [5.41, 5.74) is 2.22. The predicted molar refractivity (Wildman–Crippen MR) is 112 cm³/mol. The van der Waals surface area contributed by atoms with Gasteiger partial charge in [0.15, 0.2) is 11.0 Å². The molecule has 0 radical (unpaired) electrons. The van der Waals surface area contributed by atoms with Crippen molar-refractivity contribution in [3.8, 4) is 0 Å². The lowest BCUT2D eigenvalue weighted by Gasteiger charge is -2.26. The molecule has 0 aromatic carbocycles. The predicted octanol–water partition coefficient (Wildman–Crippen LogP) is 5.83. The maximum atomic E-state index is 12.6. The maximum absolute atomic E-state index is 12.6. The van der Waals surface area contributed by atoms with Crippen LogP contribution in [0, 0.1) is 13.8 Å². The Kier molecular flexibility index (Phi) is 6.71. The number of rotatable bonds is 5. The third kappa shape index (κ3) is 4.79. The molecule has 146 valence electrons. The van der Waals surface area contributed by atoms with E-state index in [4.69, 9.17) is 28.2 Å². The van der Waals surface area contributed by atoms with E-state index in [0.29, 0.717) is 21.9 Å². The number of anilines is 1. The van der Waals surface area contributed by atoms with Gasteiger partial charge in [0.25, 0.3) is 0 Å². The highest BCUT2D eigenvalue weighted by atomic mass is 35.5. The van der Waals surface area contributed by atoms with Crippen LogP contribution < -0.4 is 5.32 Å². The van der Waals surface area contributed by atoms with Gasteiger partial charge in [0.05, 0.1) is 21.0 Å². The van der Waals surface area contributed by atoms with Gasteiger partial charge in [-0.25, -0.2) is 9.97 Å². The number of hydrogen-bond acceptors (Lipinski definition) is 4.